The van der Waals surface area contributed by atoms with Gasteiger partial charge in [-0.1, -0.05) is 13.8 Å². The number of nitrogens with zero attached hydrogens (tertiary/aromatic N) is 1. The van der Waals surface area contributed by atoms with Gasteiger partial charge in [0.1, 0.15) is 0 Å². The Morgan fingerprint density at radius 1 is 1.57 bits per heavy atom. The lowest BCUT2D eigenvalue weighted by molar-refractivity contribution is -0.141. The van der Waals surface area contributed by atoms with Gasteiger partial charge in [-0.2, -0.15) is 0 Å². The topological polar surface area (TPSA) is 40.5 Å². The molecule has 1 saturated heterocycles. The molecule has 1 unspecified atom stereocenters. The Morgan fingerprint density at radius 3 is 2.57 bits per heavy atom. The van der Waals surface area contributed by atoms with E-state index in [1.807, 2.05) is 18.7 Å². The summed E-state index contributed by atoms with van der Waals surface area (Å²) in [6.07, 6.45) is 3.15. The molecule has 1 amide bonds. The molecule has 0 radical (unpaired) electrons. The van der Waals surface area contributed by atoms with Gasteiger partial charge in [0.15, 0.2) is 0 Å². The zero-order valence-corrected chi connectivity index (χ0v) is 8.99. The van der Waals surface area contributed by atoms with Crippen LogP contribution >= 0.6 is 0 Å². The molecule has 1 saturated carbocycles. The highest BCUT2D eigenvalue weighted by Gasteiger charge is 2.51. The number of carbonyl (C=O) groups is 1. The van der Waals surface area contributed by atoms with Crippen LogP contribution in [-0.2, 0) is 4.79 Å². The minimum absolute atomic E-state index is 0.00667. The van der Waals surface area contributed by atoms with Gasteiger partial charge in [0.2, 0.25) is 5.91 Å². The minimum Gasteiger partial charge on any atom is -0.395 e. The van der Waals surface area contributed by atoms with E-state index in [0.29, 0.717) is 6.04 Å². The molecular weight excluding hydrogens is 178 g/mol. The summed E-state index contributed by atoms with van der Waals surface area (Å²) in [6, 6.07) is 0.495. The maximum atomic E-state index is 12.1. The molecule has 1 heterocycles. The molecule has 80 valence electrons. The predicted octanol–water partition coefficient (Wildman–Crippen LogP) is 1.02. The van der Waals surface area contributed by atoms with Crippen LogP contribution in [0, 0.1) is 11.3 Å². The average Bonchev–Trinajstić information content (AvgIpc) is 2.91. The number of rotatable bonds is 3. The predicted molar refractivity (Wildman–Crippen MR) is 53.7 cm³/mol. The Bertz CT molecular complexity index is 248. The maximum Gasteiger partial charge on any atom is 0.231 e. The number of aliphatic hydroxyl groups excluding tert-OH is 1. The van der Waals surface area contributed by atoms with Crippen LogP contribution in [0.25, 0.3) is 0 Å². The third-order valence-electron chi connectivity index (χ3n) is 3.86. The van der Waals surface area contributed by atoms with Crippen LogP contribution in [0.1, 0.15) is 33.1 Å². The quantitative estimate of drug-likeness (QED) is 0.733. The number of aliphatic hydroxyl groups is 1. The van der Waals surface area contributed by atoms with E-state index in [-0.39, 0.29) is 18.4 Å². The summed E-state index contributed by atoms with van der Waals surface area (Å²) >= 11 is 0. The van der Waals surface area contributed by atoms with E-state index in [1.165, 1.54) is 0 Å². The van der Waals surface area contributed by atoms with Gasteiger partial charge in [-0.05, 0) is 25.2 Å². The lowest BCUT2D eigenvalue weighted by atomic mass is 9.76. The van der Waals surface area contributed by atoms with E-state index >= 15 is 0 Å². The van der Waals surface area contributed by atoms with E-state index in [2.05, 4.69) is 0 Å². The fourth-order valence-corrected chi connectivity index (χ4v) is 2.41. The zero-order chi connectivity index (χ0) is 10.3. The van der Waals surface area contributed by atoms with E-state index in [4.69, 9.17) is 0 Å². The molecule has 2 aliphatic rings. The normalized spacial score (nSPS) is 33.1. The molecule has 0 bridgehead atoms. The van der Waals surface area contributed by atoms with Crippen molar-refractivity contribution in [2.45, 2.75) is 39.2 Å². The highest BCUT2D eigenvalue weighted by Crippen LogP contribution is 2.42. The Kier molecular flexibility index (Phi) is 2.30. The van der Waals surface area contributed by atoms with Crippen molar-refractivity contribution in [2.75, 3.05) is 13.2 Å². The highest BCUT2D eigenvalue weighted by molar-refractivity contribution is 5.85. The summed E-state index contributed by atoms with van der Waals surface area (Å²) in [7, 11) is 0. The maximum absolute atomic E-state index is 12.1. The molecule has 2 fully saturated rings. The monoisotopic (exact) mass is 197 g/mol. The molecule has 1 aliphatic carbocycles. The minimum atomic E-state index is -0.470. The summed E-state index contributed by atoms with van der Waals surface area (Å²) in [6.45, 7) is 4.92. The first-order valence-corrected chi connectivity index (χ1v) is 5.54. The molecule has 14 heavy (non-hydrogen) atoms. The summed E-state index contributed by atoms with van der Waals surface area (Å²) in [5.41, 5.74) is -0.470. The Hall–Kier alpha value is -0.570. The van der Waals surface area contributed by atoms with Crippen LogP contribution in [-0.4, -0.2) is 35.1 Å². The molecule has 0 aromatic heterocycles. The van der Waals surface area contributed by atoms with Gasteiger partial charge < -0.3 is 10.0 Å². The van der Waals surface area contributed by atoms with Crippen molar-refractivity contribution in [3.8, 4) is 0 Å². The number of hydrogen-bond acceptors (Lipinski definition) is 2. The van der Waals surface area contributed by atoms with Crippen molar-refractivity contribution >= 4 is 5.91 Å². The van der Waals surface area contributed by atoms with Crippen LogP contribution in [0.3, 0.4) is 0 Å². The van der Waals surface area contributed by atoms with Crippen molar-refractivity contribution in [2.24, 2.45) is 11.3 Å². The summed E-state index contributed by atoms with van der Waals surface area (Å²) in [4.78, 5) is 14.1. The molecule has 0 spiro atoms. The second-order valence-corrected chi connectivity index (χ2v) is 4.95. The average molecular weight is 197 g/mol. The molecule has 3 heteroatoms. The number of amides is 1. The largest absolute Gasteiger partial charge is 0.395 e. The molecule has 1 aliphatic heterocycles. The van der Waals surface area contributed by atoms with Gasteiger partial charge >= 0.3 is 0 Å². The third-order valence-corrected chi connectivity index (χ3v) is 3.86. The van der Waals surface area contributed by atoms with E-state index in [9.17, 15) is 9.90 Å². The number of carbonyl (C=O) groups excluding carboxylic acids is 1. The van der Waals surface area contributed by atoms with Crippen LogP contribution in [0.2, 0.25) is 0 Å². The van der Waals surface area contributed by atoms with E-state index in [1.54, 1.807) is 0 Å². The molecule has 1 N–H and O–H groups in total. The van der Waals surface area contributed by atoms with E-state index < -0.39 is 5.41 Å². The summed E-state index contributed by atoms with van der Waals surface area (Å²) in [5.74, 6) is 0.432. The smallest absolute Gasteiger partial charge is 0.231 e. The van der Waals surface area contributed by atoms with Gasteiger partial charge in [0.05, 0.1) is 12.0 Å². The lowest BCUT2D eigenvalue weighted by Crippen LogP contribution is -2.41. The number of likely N-dealkylation sites (tertiary alicyclic amines) is 1. The second kappa shape index (κ2) is 3.23. The summed E-state index contributed by atoms with van der Waals surface area (Å²) < 4.78 is 0. The van der Waals surface area contributed by atoms with Crippen LogP contribution < -0.4 is 0 Å². The Balaban J connectivity index is 2.17. The van der Waals surface area contributed by atoms with Crippen molar-refractivity contribution in [1.29, 1.82) is 0 Å². The lowest BCUT2D eigenvalue weighted by Gasteiger charge is -2.29. The SMILES string of the molecule is CC(C)C1(CO)CCN(C2CC2)C1=O. The number of hydrogen-bond donors (Lipinski definition) is 1. The van der Waals surface area contributed by atoms with Crippen molar-refractivity contribution in [1.82, 2.24) is 4.90 Å². The fourth-order valence-electron chi connectivity index (χ4n) is 2.41. The fraction of sp³-hybridized carbons (Fsp3) is 0.909. The van der Waals surface area contributed by atoms with Gasteiger partial charge in [0, 0.05) is 12.6 Å². The van der Waals surface area contributed by atoms with Gasteiger partial charge in [-0.3, -0.25) is 4.79 Å². The van der Waals surface area contributed by atoms with Crippen molar-refractivity contribution in [3.63, 3.8) is 0 Å². The molecule has 3 nitrogen and oxygen atoms in total. The highest BCUT2D eigenvalue weighted by atomic mass is 16.3. The van der Waals surface area contributed by atoms with Crippen LogP contribution in [0.5, 0.6) is 0 Å². The van der Waals surface area contributed by atoms with Crippen molar-refractivity contribution in [3.05, 3.63) is 0 Å². The standard InChI is InChI=1S/C11H19NO2/c1-8(2)11(7-13)5-6-12(10(11)14)9-3-4-9/h8-9,13H,3-7H2,1-2H3. The van der Waals surface area contributed by atoms with Crippen LogP contribution in [0.4, 0.5) is 0 Å². The first kappa shape index (κ1) is 9.97. The van der Waals surface area contributed by atoms with Crippen LogP contribution in [0.15, 0.2) is 0 Å². The van der Waals surface area contributed by atoms with Gasteiger partial charge in [-0.15, -0.1) is 0 Å². The Labute approximate surface area is 85.1 Å². The first-order valence-electron chi connectivity index (χ1n) is 5.54. The van der Waals surface area contributed by atoms with Gasteiger partial charge in [0.25, 0.3) is 0 Å². The van der Waals surface area contributed by atoms with Crippen molar-refractivity contribution < 1.29 is 9.90 Å². The van der Waals surface area contributed by atoms with Gasteiger partial charge in [-0.25, -0.2) is 0 Å². The summed E-state index contributed by atoms with van der Waals surface area (Å²) in [5, 5.41) is 9.43. The molecule has 1 atom stereocenters. The molecule has 2 rings (SSSR count). The van der Waals surface area contributed by atoms with E-state index in [0.717, 1.165) is 25.8 Å². The zero-order valence-electron chi connectivity index (χ0n) is 8.99. The molecular formula is C11H19NO2. The molecule has 0 aromatic carbocycles. The second-order valence-electron chi connectivity index (χ2n) is 4.95. The third kappa shape index (κ3) is 1.26. The Morgan fingerprint density at radius 2 is 2.21 bits per heavy atom. The molecule has 0 aromatic rings. The first-order chi connectivity index (χ1) is 6.62.